The highest BCUT2D eigenvalue weighted by Gasteiger charge is 2.13. The van der Waals surface area contributed by atoms with E-state index in [2.05, 4.69) is 43.5 Å². The molecule has 0 aliphatic heterocycles. The van der Waals surface area contributed by atoms with Crippen molar-refractivity contribution in [2.45, 2.75) is 39.5 Å². The largest absolute Gasteiger partial charge is 0.494 e. The van der Waals surface area contributed by atoms with Crippen LogP contribution in [0.4, 0.5) is 10.5 Å². The minimum absolute atomic E-state index is 0.110. The van der Waals surface area contributed by atoms with E-state index in [0.29, 0.717) is 13.2 Å². The monoisotopic (exact) mass is 340 g/mol. The van der Waals surface area contributed by atoms with Crippen molar-refractivity contribution >= 4 is 11.7 Å². The highest BCUT2D eigenvalue weighted by Crippen LogP contribution is 2.23. The first-order valence-electron chi connectivity index (χ1n) is 8.75. The third-order valence-electron chi connectivity index (χ3n) is 3.94. The van der Waals surface area contributed by atoms with E-state index >= 15 is 0 Å². The summed E-state index contributed by atoms with van der Waals surface area (Å²) in [5, 5.41) is 5.75. The van der Waals surface area contributed by atoms with Gasteiger partial charge >= 0.3 is 6.03 Å². The summed E-state index contributed by atoms with van der Waals surface area (Å²) in [6.07, 6.45) is 0.781. The zero-order valence-corrected chi connectivity index (χ0v) is 15.6. The predicted octanol–water partition coefficient (Wildman–Crippen LogP) is 4.75. The number of urea groups is 1. The molecule has 0 saturated carbocycles. The van der Waals surface area contributed by atoms with Gasteiger partial charge in [0.15, 0.2) is 0 Å². The maximum atomic E-state index is 12.0. The van der Waals surface area contributed by atoms with Crippen molar-refractivity contribution in [2.24, 2.45) is 0 Å². The summed E-state index contributed by atoms with van der Waals surface area (Å²) < 4.78 is 5.42. The third-order valence-corrected chi connectivity index (χ3v) is 3.94. The lowest BCUT2D eigenvalue weighted by Gasteiger charge is -2.19. The van der Waals surface area contributed by atoms with Gasteiger partial charge in [-0.25, -0.2) is 4.79 Å². The normalized spacial score (nSPS) is 11.0. The molecule has 0 unspecified atom stereocenters. The Labute approximate surface area is 150 Å². The molecule has 2 rings (SSSR count). The van der Waals surface area contributed by atoms with Crippen molar-refractivity contribution in [3.8, 4) is 5.75 Å². The number of nitrogens with one attached hydrogen (secondary N) is 2. The molecule has 2 aromatic carbocycles. The highest BCUT2D eigenvalue weighted by molar-refractivity contribution is 5.89. The van der Waals surface area contributed by atoms with Gasteiger partial charge in [0.2, 0.25) is 0 Å². The number of rotatable bonds is 6. The van der Waals surface area contributed by atoms with Gasteiger partial charge < -0.3 is 15.4 Å². The lowest BCUT2D eigenvalue weighted by atomic mass is 9.87. The van der Waals surface area contributed by atoms with Gasteiger partial charge in [-0.15, -0.1) is 0 Å². The molecule has 4 heteroatoms. The number of hydrogen-bond acceptors (Lipinski definition) is 2. The van der Waals surface area contributed by atoms with E-state index < -0.39 is 0 Å². The molecule has 4 nitrogen and oxygen atoms in total. The highest BCUT2D eigenvalue weighted by atomic mass is 16.5. The van der Waals surface area contributed by atoms with Crippen molar-refractivity contribution in [3.63, 3.8) is 0 Å². The van der Waals surface area contributed by atoms with Gasteiger partial charge in [0.05, 0.1) is 6.61 Å². The number of amides is 2. The molecule has 0 fully saturated rings. The van der Waals surface area contributed by atoms with Crippen LogP contribution in [0.1, 0.15) is 38.8 Å². The van der Waals surface area contributed by atoms with Crippen molar-refractivity contribution in [3.05, 3.63) is 59.7 Å². The summed E-state index contributed by atoms with van der Waals surface area (Å²) >= 11 is 0. The second kappa shape index (κ2) is 8.56. The van der Waals surface area contributed by atoms with E-state index in [1.165, 1.54) is 11.1 Å². The second-order valence-electron chi connectivity index (χ2n) is 7.04. The van der Waals surface area contributed by atoms with E-state index in [-0.39, 0.29) is 11.4 Å². The fourth-order valence-electron chi connectivity index (χ4n) is 2.47. The Balaban J connectivity index is 1.77. The molecule has 0 aliphatic carbocycles. The Morgan fingerprint density at radius 1 is 1.00 bits per heavy atom. The number of benzene rings is 2. The molecule has 0 spiro atoms. The zero-order chi connectivity index (χ0) is 18.3. The van der Waals surface area contributed by atoms with Gasteiger partial charge in [0, 0.05) is 12.2 Å². The Morgan fingerprint density at radius 2 is 1.64 bits per heavy atom. The first kappa shape index (κ1) is 18.8. The van der Waals surface area contributed by atoms with Crippen LogP contribution in [-0.2, 0) is 11.8 Å². The van der Waals surface area contributed by atoms with Crippen LogP contribution in [-0.4, -0.2) is 19.2 Å². The minimum atomic E-state index is -0.186. The fraction of sp³-hybridized carbons (Fsp3) is 0.381. The van der Waals surface area contributed by atoms with Gasteiger partial charge in [-0.1, -0.05) is 45.0 Å². The van der Waals surface area contributed by atoms with Crippen LogP contribution in [0, 0.1) is 0 Å². The molecule has 0 radical (unpaired) electrons. The van der Waals surface area contributed by atoms with Crippen LogP contribution in [0.2, 0.25) is 0 Å². The summed E-state index contributed by atoms with van der Waals surface area (Å²) in [6.45, 7) is 9.72. The average molecular weight is 340 g/mol. The van der Waals surface area contributed by atoms with Gasteiger partial charge in [-0.2, -0.15) is 0 Å². The summed E-state index contributed by atoms with van der Waals surface area (Å²) in [5.74, 6) is 0.871. The topological polar surface area (TPSA) is 50.4 Å². The van der Waals surface area contributed by atoms with Crippen LogP contribution in [0.5, 0.6) is 5.75 Å². The summed E-state index contributed by atoms with van der Waals surface area (Å²) in [6, 6.07) is 15.7. The number of ether oxygens (including phenoxy) is 1. The van der Waals surface area contributed by atoms with Crippen molar-refractivity contribution < 1.29 is 9.53 Å². The first-order valence-corrected chi connectivity index (χ1v) is 8.75. The van der Waals surface area contributed by atoms with Gasteiger partial charge in [0.1, 0.15) is 5.75 Å². The van der Waals surface area contributed by atoms with Crippen LogP contribution < -0.4 is 15.4 Å². The number of anilines is 1. The fourth-order valence-corrected chi connectivity index (χ4v) is 2.47. The van der Waals surface area contributed by atoms with Crippen molar-refractivity contribution in [1.82, 2.24) is 5.32 Å². The quantitative estimate of drug-likeness (QED) is 0.797. The van der Waals surface area contributed by atoms with E-state index in [9.17, 15) is 4.79 Å². The SMILES string of the molecule is CCOc1ccc(CCNC(=O)Nc2ccc(C(C)(C)C)cc2)cc1. The van der Waals surface area contributed by atoms with E-state index in [1.807, 2.05) is 43.3 Å². The Bertz CT molecular complexity index is 671. The minimum Gasteiger partial charge on any atom is -0.494 e. The second-order valence-corrected chi connectivity index (χ2v) is 7.04. The summed E-state index contributed by atoms with van der Waals surface area (Å²) in [4.78, 5) is 12.0. The maximum Gasteiger partial charge on any atom is 0.319 e. The predicted molar refractivity (Wildman–Crippen MR) is 103 cm³/mol. The van der Waals surface area contributed by atoms with Crippen LogP contribution in [0.15, 0.2) is 48.5 Å². The van der Waals surface area contributed by atoms with Crippen LogP contribution in [0.25, 0.3) is 0 Å². The standard InChI is InChI=1S/C21H28N2O2/c1-5-25-19-12-6-16(7-13-19)14-15-22-20(24)23-18-10-8-17(9-11-18)21(2,3)4/h6-13H,5,14-15H2,1-4H3,(H2,22,23,24). The molecule has 25 heavy (non-hydrogen) atoms. The molecule has 0 aromatic heterocycles. The third kappa shape index (κ3) is 6.14. The Kier molecular flexibility index (Phi) is 6.45. The molecule has 0 aliphatic rings. The van der Waals surface area contributed by atoms with Crippen molar-refractivity contribution in [2.75, 3.05) is 18.5 Å². The molecule has 2 aromatic rings. The first-order chi connectivity index (χ1) is 11.9. The molecule has 0 bridgehead atoms. The van der Waals surface area contributed by atoms with Gasteiger partial charge in [-0.3, -0.25) is 0 Å². The molecular formula is C21H28N2O2. The molecule has 0 saturated heterocycles. The van der Waals surface area contributed by atoms with Gasteiger partial charge in [-0.05, 0) is 54.2 Å². The summed E-state index contributed by atoms with van der Waals surface area (Å²) in [7, 11) is 0. The summed E-state index contributed by atoms with van der Waals surface area (Å²) in [5.41, 5.74) is 3.32. The molecular weight excluding hydrogens is 312 g/mol. The van der Waals surface area contributed by atoms with Gasteiger partial charge in [0.25, 0.3) is 0 Å². The number of carbonyl (C=O) groups excluding carboxylic acids is 1. The Morgan fingerprint density at radius 3 is 2.20 bits per heavy atom. The lowest BCUT2D eigenvalue weighted by Crippen LogP contribution is -2.30. The molecule has 134 valence electrons. The molecule has 2 amide bonds. The Hall–Kier alpha value is -2.49. The van der Waals surface area contributed by atoms with E-state index in [4.69, 9.17) is 4.74 Å². The average Bonchev–Trinajstić information content (AvgIpc) is 2.56. The number of carbonyl (C=O) groups is 1. The molecule has 0 atom stereocenters. The molecule has 0 heterocycles. The van der Waals surface area contributed by atoms with Crippen molar-refractivity contribution in [1.29, 1.82) is 0 Å². The molecule has 2 N–H and O–H groups in total. The number of hydrogen-bond donors (Lipinski definition) is 2. The smallest absolute Gasteiger partial charge is 0.319 e. The zero-order valence-electron chi connectivity index (χ0n) is 15.6. The van der Waals surface area contributed by atoms with E-state index in [0.717, 1.165) is 17.9 Å². The van der Waals surface area contributed by atoms with Crippen LogP contribution in [0.3, 0.4) is 0 Å². The lowest BCUT2D eigenvalue weighted by molar-refractivity contribution is 0.252. The van der Waals surface area contributed by atoms with Crippen LogP contribution >= 0.6 is 0 Å². The maximum absolute atomic E-state index is 12.0. The van der Waals surface area contributed by atoms with E-state index in [1.54, 1.807) is 0 Å².